The van der Waals surface area contributed by atoms with Crippen molar-refractivity contribution in [2.24, 2.45) is 23.5 Å². The van der Waals surface area contributed by atoms with Crippen molar-refractivity contribution < 1.29 is 19.4 Å². The van der Waals surface area contributed by atoms with Gasteiger partial charge in [-0.05, 0) is 68.1 Å². The molecule has 6 rings (SSSR count). The van der Waals surface area contributed by atoms with Gasteiger partial charge >= 0.3 is 6.03 Å². The van der Waals surface area contributed by atoms with Gasteiger partial charge in [-0.25, -0.2) is 4.79 Å². The minimum Gasteiger partial charge on any atom is -0.490 e. The van der Waals surface area contributed by atoms with Gasteiger partial charge in [-0.15, -0.1) is 0 Å². The molecule has 3 amide bonds. The van der Waals surface area contributed by atoms with Crippen LogP contribution in [0.2, 0.25) is 0 Å². The van der Waals surface area contributed by atoms with Crippen LogP contribution in [0, 0.1) is 17.8 Å². The molecule has 1 heterocycles. The highest BCUT2D eigenvalue weighted by Gasteiger charge is 2.55. The van der Waals surface area contributed by atoms with E-state index < -0.39 is 11.5 Å². The fourth-order valence-electron chi connectivity index (χ4n) is 6.02. The number of rotatable bonds is 2. The van der Waals surface area contributed by atoms with E-state index in [1.165, 1.54) is 0 Å². The summed E-state index contributed by atoms with van der Waals surface area (Å²) in [5.41, 5.74) is 5.81. The summed E-state index contributed by atoms with van der Waals surface area (Å²) in [5, 5.41) is 14.0. The fraction of sp³-hybridized carbons (Fsp3) is 0.600. The quantitative estimate of drug-likeness (QED) is 0.735. The largest absolute Gasteiger partial charge is 0.490 e. The molecule has 2 atom stereocenters. The summed E-state index contributed by atoms with van der Waals surface area (Å²) in [6.07, 6.45) is 4.69. The summed E-state index contributed by atoms with van der Waals surface area (Å²) in [6.45, 7) is 0.839. The van der Waals surface area contributed by atoms with Gasteiger partial charge in [0.15, 0.2) is 0 Å². The van der Waals surface area contributed by atoms with E-state index in [0.29, 0.717) is 47.9 Å². The molecule has 1 aliphatic heterocycles. The third-order valence-corrected chi connectivity index (χ3v) is 6.88. The molecule has 0 aromatic heterocycles. The second-order valence-electron chi connectivity index (χ2n) is 8.72. The Morgan fingerprint density at radius 2 is 1.96 bits per heavy atom. The van der Waals surface area contributed by atoms with Crippen molar-refractivity contribution in [3.05, 3.63) is 23.8 Å². The van der Waals surface area contributed by atoms with E-state index in [4.69, 9.17) is 10.5 Å². The predicted molar refractivity (Wildman–Crippen MR) is 98.6 cm³/mol. The highest BCUT2D eigenvalue weighted by Crippen LogP contribution is 2.55. The Kier molecular flexibility index (Phi) is 3.66. The first-order valence-electron chi connectivity index (χ1n) is 9.79. The third-order valence-electron chi connectivity index (χ3n) is 6.88. The number of ether oxygens (including phenoxy) is 1. The van der Waals surface area contributed by atoms with E-state index in [-0.39, 0.29) is 12.1 Å². The molecule has 144 valence electrons. The minimum atomic E-state index is -0.530. The first-order valence-corrected chi connectivity index (χ1v) is 9.79. The van der Waals surface area contributed by atoms with Gasteiger partial charge in [0, 0.05) is 11.6 Å². The number of urea groups is 1. The fourth-order valence-corrected chi connectivity index (χ4v) is 6.02. The van der Waals surface area contributed by atoms with Crippen LogP contribution in [0.4, 0.5) is 10.5 Å². The highest BCUT2D eigenvalue weighted by molar-refractivity contribution is 5.98. The van der Waals surface area contributed by atoms with Crippen LogP contribution >= 0.6 is 0 Å². The molecule has 0 radical (unpaired) electrons. The summed E-state index contributed by atoms with van der Waals surface area (Å²) in [4.78, 5) is 26.3. The summed E-state index contributed by atoms with van der Waals surface area (Å²) in [6, 6.07) is 4.87. The first-order chi connectivity index (χ1) is 12.9. The SMILES string of the molecule is NC(=O)c1ccc2c(c1)N(C(=O)NC1C3CC4CC1CC(O)(C4)C3)CCO2. The lowest BCUT2D eigenvalue weighted by Gasteiger charge is -2.58. The molecule has 2 unspecified atom stereocenters. The molecule has 4 saturated carbocycles. The maximum absolute atomic E-state index is 13.1. The Bertz CT molecular complexity index is 794. The number of carbonyl (C=O) groups excluding carboxylic acids is 2. The third kappa shape index (κ3) is 2.76. The average Bonchev–Trinajstić information content (AvgIpc) is 2.62. The molecular formula is C20H25N3O4. The number of amides is 3. The Hall–Kier alpha value is -2.28. The molecule has 0 spiro atoms. The van der Waals surface area contributed by atoms with Crippen LogP contribution in [-0.4, -0.2) is 41.8 Å². The molecule has 4 bridgehead atoms. The predicted octanol–water partition coefficient (Wildman–Crippen LogP) is 1.63. The Morgan fingerprint density at radius 3 is 2.63 bits per heavy atom. The van der Waals surface area contributed by atoms with Gasteiger partial charge in [-0.1, -0.05) is 0 Å². The first kappa shape index (κ1) is 16.9. The van der Waals surface area contributed by atoms with E-state index in [2.05, 4.69) is 5.32 Å². The van der Waals surface area contributed by atoms with Gasteiger partial charge in [0.05, 0.1) is 17.8 Å². The van der Waals surface area contributed by atoms with Crippen molar-refractivity contribution in [1.29, 1.82) is 0 Å². The number of primary amides is 1. The van der Waals surface area contributed by atoms with Gasteiger partial charge in [0.2, 0.25) is 5.91 Å². The number of carbonyl (C=O) groups is 2. The summed E-state index contributed by atoms with van der Waals surface area (Å²) in [5.74, 6) is 1.35. The van der Waals surface area contributed by atoms with Gasteiger partial charge < -0.3 is 20.9 Å². The van der Waals surface area contributed by atoms with E-state index in [1.54, 1.807) is 23.1 Å². The van der Waals surface area contributed by atoms with Crippen molar-refractivity contribution in [1.82, 2.24) is 5.32 Å². The monoisotopic (exact) mass is 371 g/mol. The molecule has 0 saturated heterocycles. The lowest BCUT2D eigenvalue weighted by molar-refractivity contribution is -0.136. The van der Waals surface area contributed by atoms with Crippen LogP contribution in [0.1, 0.15) is 42.5 Å². The Labute approximate surface area is 157 Å². The second-order valence-corrected chi connectivity index (χ2v) is 8.72. The molecule has 7 heteroatoms. The number of nitrogens with one attached hydrogen (secondary N) is 1. The number of hydrogen-bond acceptors (Lipinski definition) is 4. The Morgan fingerprint density at radius 1 is 1.22 bits per heavy atom. The van der Waals surface area contributed by atoms with Crippen molar-refractivity contribution in [2.45, 2.75) is 43.7 Å². The number of fused-ring (bicyclic) bond motifs is 1. The zero-order chi connectivity index (χ0) is 18.8. The van der Waals surface area contributed by atoms with Gasteiger partial charge in [-0.2, -0.15) is 0 Å². The molecule has 4 N–H and O–H groups in total. The lowest BCUT2D eigenvalue weighted by atomic mass is 9.52. The molecule has 4 aliphatic carbocycles. The van der Waals surface area contributed by atoms with Crippen LogP contribution in [0.25, 0.3) is 0 Å². The number of anilines is 1. The molecule has 1 aromatic rings. The smallest absolute Gasteiger partial charge is 0.322 e. The van der Waals surface area contributed by atoms with Crippen molar-refractivity contribution in [2.75, 3.05) is 18.1 Å². The van der Waals surface area contributed by atoms with Crippen LogP contribution in [0.15, 0.2) is 18.2 Å². The molecule has 7 nitrogen and oxygen atoms in total. The van der Waals surface area contributed by atoms with E-state index in [1.807, 2.05) is 0 Å². The maximum Gasteiger partial charge on any atom is 0.322 e. The topological polar surface area (TPSA) is 105 Å². The van der Waals surface area contributed by atoms with Gasteiger partial charge in [-0.3, -0.25) is 9.69 Å². The Balaban J connectivity index is 1.37. The highest BCUT2D eigenvalue weighted by atomic mass is 16.5. The standard InChI is InChI=1S/C20H25N3O4/c21-18(24)12-1-2-16-15(7-12)23(3-4-27-16)19(25)22-17-13-5-11-6-14(17)10-20(26,8-11)9-13/h1-2,7,11,13-14,17,26H,3-6,8-10H2,(H2,21,24)(H,22,25). The van der Waals surface area contributed by atoms with Gasteiger partial charge in [0.25, 0.3) is 0 Å². The number of benzene rings is 1. The minimum absolute atomic E-state index is 0.111. The maximum atomic E-state index is 13.1. The molecule has 27 heavy (non-hydrogen) atoms. The van der Waals surface area contributed by atoms with Gasteiger partial charge in [0.1, 0.15) is 12.4 Å². The average molecular weight is 371 g/mol. The summed E-state index contributed by atoms with van der Waals surface area (Å²) < 4.78 is 5.63. The number of aliphatic hydroxyl groups is 1. The normalized spacial score (nSPS) is 36.1. The lowest BCUT2D eigenvalue weighted by Crippen LogP contribution is -2.63. The zero-order valence-corrected chi connectivity index (χ0v) is 15.2. The van der Waals surface area contributed by atoms with Crippen molar-refractivity contribution in [3.63, 3.8) is 0 Å². The van der Waals surface area contributed by atoms with E-state index in [9.17, 15) is 14.7 Å². The number of nitrogens with two attached hydrogens (primary N) is 1. The van der Waals surface area contributed by atoms with Crippen LogP contribution in [0.3, 0.4) is 0 Å². The van der Waals surface area contributed by atoms with Crippen LogP contribution in [-0.2, 0) is 0 Å². The van der Waals surface area contributed by atoms with Crippen LogP contribution < -0.4 is 20.7 Å². The molecular weight excluding hydrogens is 346 g/mol. The summed E-state index contributed by atoms with van der Waals surface area (Å²) >= 11 is 0. The number of hydrogen-bond donors (Lipinski definition) is 3. The second kappa shape index (κ2) is 5.86. The van der Waals surface area contributed by atoms with Crippen LogP contribution in [0.5, 0.6) is 5.75 Å². The molecule has 5 aliphatic rings. The molecule has 4 fully saturated rings. The molecule has 1 aromatic carbocycles. The number of nitrogens with zero attached hydrogens (tertiary/aromatic N) is 1. The zero-order valence-electron chi connectivity index (χ0n) is 15.2. The van der Waals surface area contributed by atoms with E-state index in [0.717, 1.165) is 32.1 Å². The summed E-state index contributed by atoms with van der Waals surface area (Å²) in [7, 11) is 0. The van der Waals surface area contributed by atoms with Crippen molar-refractivity contribution in [3.8, 4) is 5.75 Å². The van der Waals surface area contributed by atoms with Crippen molar-refractivity contribution >= 4 is 17.6 Å². The van der Waals surface area contributed by atoms with E-state index >= 15 is 0 Å².